The third-order valence-electron chi connectivity index (χ3n) is 5.31. The van der Waals surface area contributed by atoms with Crippen molar-refractivity contribution in [3.8, 4) is 11.5 Å². The van der Waals surface area contributed by atoms with E-state index in [0.29, 0.717) is 12.3 Å². The number of nitrogens with zero attached hydrogens (tertiary/aromatic N) is 1. The van der Waals surface area contributed by atoms with Crippen LogP contribution in [0.5, 0.6) is 11.5 Å². The van der Waals surface area contributed by atoms with Gasteiger partial charge in [-0.25, -0.2) is 8.42 Å². The second-order valence-corrected chi connectivity index (χ2v) is 11.1. The maximum Gasteiger partial charge on any atom is 0.231 e. The fourth-order valence-electron chi connectivity index (χ4n) is 3.74. The lowest BCUT2D eigenvalue weighted by Crippen LogP contribution is -2.24. The van der Waals surface area contributed by atoms with E-state index in [9.17, 15) is 13.2 Å². The fraction of sp³-hybridized carbons (Fsp3) is 0.333. The summed E-state index contributed by atoms with van der Waals surface area (Å²) < 4.78 is 34.0. The van der Waals surface area contributed by atoms with E-state index in [1.807, 2.05) is 42.5 Å². The Bertz CT molecular complexity index is 1150. The van der Waals surface area contributed by atoms with E-state index in [2.05, 4.69) is 15.6 Å². The minimum absolute atomic E-state index is 0.0141. The van der Waals surface area contributed by atoms with E-state index < -0.39 is 9.84 Å². The van der Waals surface area contributed by atoms with Gasteiger partial charge in [-0.1, -0.05) is 30.0 Å². The number of carbonyl (C=O) groups is 1. The number of carbonyl (C=O) groups excluding carboxylic acids is 1. The predicted molar refractivity (Wildman–Crippen MR) is 119 cm³/mol. The lowest BCUT2D eigenvalue weighted by Gasteiger charge is -2.09. The maximum atomic E-state index is 12.3. The molecule has 0 aromatic heterocycles. The van der Waals surface area contributed by atoms with Crippen LogP contribution in [0.3, 0.4) is 0 Å². The molecule has 2 aromatic carbocycles. The molecule has 0 saturated carbocycles. The topological polar surface area (TPSA) is 106 Å². The van der Waals surface area contributed by atoms with E-state index in [1.165, 1.54) is 11.8 Å². The molecule has 1 saturated heterocycles. The van der Waals surface area contributed by atoms with Gasteiger partial charge in [-0.15, -0.1) is 0 Å². The highest BCUT2D eigenvalue weighted by Crippen LogP contribution is 2.35. The van der Waals surface area contributed by atoms with E-state index in [1.54, 1.807) is 0 Å². The second kappa shape index (κ2) is 8.08. The predicted octanol–water partition coefficient (Wildman–Crippen LogP) is 1.95. The monoisotopic (exact) mass is 459 g/mol. The highest BCUT2D eigenvalue weighted by molar-refractivity contribution is 8.15. The largest absolute Gasteiger partial charge is 0.454 e. The van der Waals surface area contributed by atoms with Crippen molar-refractivity contribution in [1.82, 2.24) is 5.32 Å². The number of thioether (sulfide) groups is 1. The highest BCUT2D eigenvalue weighted by Gasteiger charge is 2.42. The Morgan fingerprint density at radius 3 is 2.65 bits per heavy atom. The van der Waals surface area contributed by atoms with E-state index in [0.717, 1.165) is 27.7 Å². The Morgan fingerprint density at radius 1 is 1.06 bits per heavy atom. The van der Waals surface area contributed by atoms with Crippen molar-refractivity contribution < 1.29 is 22.7 Å². The minimum atomic E-state index is -2.95. The number of aliphatic imine (C=N–C) groups is 1. The number of ether oxygens (including phenoxy) is 2. The molecule has 2 unspecified atom stereocenters. The number of fused-ring (bicyclic) bond motifs is 2. The molecule has 10 heteroatoms. The van der Waals surface area contributed by atoms with Crippen molar-refractivity contribution in [3.63, 3.8) is 0 Å². The van der Waals surface area contributed by atoms with Crippen molar-refractivity contribution in [3.05, 3.63) is 53.6 Å². The second-order valence-electron chi connectivity index (χ2n) is 7.70. The zero-order chi connectivity index (χ0) is 21.4. The summed E-state index contributed by atoms with van der Waals surface area (Å²) in [4.78, 5) is 16.8. The first-order valence-corrected chi connectivity index (χ1v) is 12.6. The van der Waals surface area contributed by atoms with Gasteiger partial charge in [0, 0.05) is 17.5 Å². The molecule has 162 valence electrons. The number of amidine groups is 1. The van der Waals surface area contributed by atoms with Crippen molar-refractivity contribution in [1.29, 1.82) is 0 Å². The molecule has 3 aliphatic rings. The van der Waals surface area contributed by atoms with E-state index in [-0.39, 0.29) is 41.9 Å². The lowest BCUT2D eigenvalue weighted by molar-refractivity contribution is -0.120. The van der Waals surface area contributed by atoms with Gasteiger partial charge in [0.25, 0.3) is 0 Å². The Balaban J connectivity index is 1.12. The smallest absolute Gasteiger partial charge is 0.231 e. The molecule has 31 heavy (non-hydrogen) atoms. The van der Waals surface area contributed by atoms with Crippen LogP contribution in [-0.4, -0.2) is 49.1 Å². The SMILES string of the molecule is O=C(Cc1ccc(NC2=NC3CS(=O)(=O)CC3S2)cc1)NCc1ccc2c(c1)OCO2. The van der Waals surface area contributed by atoms with E-state index in [4.69, 9.17) is 9.47 Å². The molecule has 0 bridgehead atoms. The summed E-state index contributed by atoms with van der Waals surface area (Å²) >= 11 is 1.48. The standard InChI is InChI=1S/C21H21N3O5S2/c25-20(22-9-14-3-6-17-18(7-14)29-12-28-17)8-13-1-4-15(5-2-13)23-21-24-16-10-31(26,27)11-19(16)30-21/h1-7,16,19H,8-12H2,(H,22,25)(H,23,24). The molecule has 3 heterocycles. The van der Waals surface area contributed by atoms with Gasteiger partial charge in [0.2, 0.25) is 12.7 Å². The van der Waals surface area contributed by atoms with Gasteiger partial charge < -0.3 is 20.1 Å². The number of hydrogen-bond acceptors (Lipinski definition) is 8. The van der Waals surface area contributed by atoms with Crippen LogP contribution >= 0.6 is 11.8 Å². The Kier molecular flexibility index (Phi) is 5.27. The molecule has 2 atom stereocenters. The van der Waals surface area contributed by atoms with Crippen molar-refractivity contribution >= 4 is 38.4 Å². The number of anilines is 1. The Hall–Kier alpha value is -2.72. The van der Waals surface area contributed by atoms with Crippen LogP contribution in [0.15, 0.2) is 47.5 Å². The molecule has 1 fully saturated rings. The number of nitrogens with one attached hydrogen (secondary N) is 2. The first-order valence-electron chi connectivity index (χ1n) is 9.90. The Labute approximate surface area is 184 Å². The van der Waals surface area contributed by atoms with Gasteiger partial charge in [-0.05, 0) is 35.4 Å². The molecule has 0 spiro atoms. The van der Waals surface area contributed by atoms with Crippen LogP contribution < -0.4 is 20.1 Å². The first-order chi connectivity index (χ1) is 14.9. The van der Waals surface area contributed by atoms with Crippen molar-refractivity contribution in [2.75, 3.05) is 23.6 Å². The van der Waals surface area contributed by atoms with E-state index >= 15 is 0 Å². The summed E-state index contributed by atoms with van der Waals surface area (Å²) in [7, 11) is -2.95. The molecular formula is C21H21N3O5S2. The third kappa shape index (κ3) is 4.64. The van der Waals surface area contributed by atoms with Gasteiger partial charge in [-0.2, -0.15) is 0 Å². The summed E-state index contributed by atoms with van der Waals surface area (Å²) in [5.41, 5.74) is 2.71. The number of hydrogen-bond donors (Lipinski definition) is 2. The number of benzene rings is 2. The molecule has 2 aromatic rings. The van der Waals surface area contributed by atoms with Crippen LogP contribution in [0.25, 0.3) is 0 Å². The van der Waals surface area contributed by atoms with Gasteiger partial charge in [0.05, 0.1) is 24.0 Å². The zero-order valence-corrected chi connectivity index (χ0v) is 18.2. The maximum absolute atomic E-state index is 12.3. The Morgan fingerprint density at radius 2 is 1.84 bits per heavy atom. The van der Waals surface area contributed by atoms with Gasteiger partial charge in [-0.3, -0.25) is 9.79 Å². The van der Waals surface area contributed by atoms with Crippen molar-refractivity contribution in [2.45, 2.75) is 24.3 Å². The van der Waals surface area contributed by atoms with Gasteiger partial charge >= 0.3 is 0 Å². The van der Waals surface area contributed by atoms with Crippen molar-refractivity contribution in [2.24, 2.45) is 4.99 Å². The van der Waals surface area contributed by atoms with Gasteiger partial charge in [0.15, 0.2) is 26.5 Å². The van der Waals surface area contributed by atoms with Crippen LogP contribution in [-0.2, 0) is 27.6 Å². The summed E-state index contributed by atoms with van der Waals surface area (Å²) in [5, 5.41) is 6.92. The first kappa shape index (κ1) is 20.2. The minimum Gasteiger partial charge on any atom is -0.454 e. The van der Waals surface area contributed by atoms with Crippen LogP contribution in [0.1, 0.15) is 11.1 Å². The average molecular weight is 460 g/mol. The molecule has 8 nitrogen and oxygen atoms in total. The normalized spacial score (nSPS) is 22.6. The summed E-state index contributed by atoms with van der Waals surface area (Å²) in [6.45, 7) is 0.648. The van der Waals surface area contributed by atoms with Crippen LogP contribution in [0, 0.1) is 0 Å². The molecule has 2 N–H and O–H groups in total. The number of amides is 1. The lowest BCUT2D eigenvalue weighted by atomic mass is 10.1. The molecule has 0 radical (unpaired) electrons. The quantitative estimate of drug-likeness (QED) is 0.704. The summed E-state index contributed by atoms with van der Waals surface area (Å²) in [5.74, 6) is 1.68. The molecule has 1 amide bonds. The summed E-state index contributed by atoms with van der Waals surface area (Å²) in [6, 6.07) is 13.1. The average Bonchev–Trinajstić information content (AvgIpc) is 3.40. The van der Waals surface area contributed by atoms with Gasteiger partial charge in [0.1, 0.15) is 0 Å². The number of sulfone groups is 1. The summed E-state index contributed by atoms with van der Waals surface area (Å²) in [6.07, 6.45) is 0.280. The molecule has 5 rings (SSSR count). The highest BCUT2D eigenvalue weighted by atomic mass is 32.2. The number of rotatable bonds is 5. The molecular weight excluding hydrogens is 438 g/mol. The third-order valence-corrected chi connectivity index (χ3v) is 8.46. The van der Waals surface area contributed by atoms with Crippen LogP contribution in [0.2, 0.25) is 0 Å². The van der Waals surface area contributed by atoms with Crippen LogP contribution in [0.4, 0.5) is 5.69 Å². The fourth-order valence-corrected chi connectivity index (χ4v) is 7.42. The zero-order valence-electron chi connectivity index (χ0n) is 16.5. The molecule has 3 aliphatic heterocycles. The molecule has 0 aliphatic carbocycles.